The summed E-state index contributed by atoms with van der Waals surface area (Å²) in [5.74, 6) is -0.195. The summed E-state index contributed by atoms with van der Waals surface area (Å²) in [6.45, 7) is 3.51. The van der Waals surface area contributed by atoms with Crippen molar-refractivity contribution in [1.29, 1.82) is 5.26 Å². The van der Waals surface area contributed by atoms with Gasteiger partial charge >= 0.3 is 0 Å². The van der Waals surface area contributed by atoms with Gasteiger partial charge in [-0.25, -0.2) is 0 Å². The lowest BCUT2D eigenvalue weighted by atomic mass is 10.1. The smallest absolute Gasteiger partial charge is 0.264 e. The molecule has 1 aromatic rings. The Balaban J connectivity index is 2.33. The molecule has 2 rings (SSSR count). The number of rotatable bonds is 4. The van der Waals surface area contributed by atoms with E-state index >= 15 is 0 Å². The highest BCUT2D eigenvalue weighted by Gasteiger charge is 2.21. The first-order valence-electron chi connectivity index (χ1n) is 7.13. The second kappa shape index (κ2) is 7.19. The number of ether oxygens (including phenoxy) is 1. The van der Waals surface area contributed by atoms with Gasteiger partial charge in [-0.1, -0.05) is 11.6 Å². The molecule has 1 saturated heterocycles. The molecule has 0 aliphatic carbocycles. The standard InChI is InChI=1S/C16H17ClN2O3/c1-2-22-14-9-11(8-13(17)15(14)20)7-12(10-18)16(21)19-5-3-4-6-19/h7-9,20H,2-6H2,1H3/b12-7+. The summed E-state index contributed by atoms with van der Waals surface area (Å²) in [7, 11) is 0. The Morgan fingerprint density at radius 2 is 2.18 bits per heavy atom. The van der Waals surface area contributed by atoms with E-state index in [4.69, 9.17) is 16.3 Å². The summed E-state index contributed by atoms with van der Waals surface area (Å²) in [5, 5.41) is 19.2. The third-order valence-corrected chi connectivity index (χ3v) is 3.69. The lowest BCUT2D eigenvalue weighted by molar-refractivity contribution is -0.125. The zero-order valence-electron chi connectivity index (χ0n) is 12.3. The number of phenolic OH excluding ortho intramolecular Hbond substituents is 1. The van der Waals surface area contributed by atoms with Crippen molar-refractivity contribution < 1.29 is 14.6 Å². The molecular weight excluding hydrogens is 304 g/mol. The van der Waals surface area contributed by atoms with Gasteiger partial charge in [0, 0.05) is 13.1 Å². The number of carbonyl (C=O) groups excluding carboxylic acids is 1. The first kappa shape index (κ1) is 16.2. The zero-order valence-corrected chi connectivity index (χ0v) is 13.1. The molecule has 1 amide bonds. The highest BCUT2D eigenvalue weighted by molar-refractivity contribution is 6.32. The van der Waals surface area contributed by atoms with Crippen LogP contribution in [0.2, 0.25) is 5.02 Å². The van der Waals surface area contributed by atoms with Crippen LogP contribution in [0.5, 0.6) is 11.5 Å². The van der Waals surface area contributed by atoms with Crippen LogP contribution in [0.3, 0.4) is 0 Å². The maximum absolute atomic E-state index is 12.3. The van der Waals surface area contributed by atoms with Gasteiger partial charge in [0.15, 0.2) is 11.5 Å². The van der Waals surface area contributed by atoms with Crippen LogP contribution in [0.4, 0.5) is 0 Å². The highest BCUT2D eigenvalue weighted by atomic mass is 35.5. The van der Waals surface area contributed by atoms with Gasteiger partial charge in [0.2, 0.25) is 0 Å². The molecule has 0 bridgehead atoms. The molecule has 1 aliphatic rings. The molecule has 0 spiro atoms. The van der Waals surface area contributed by atoms with Crippen LogP contribution in [0.15, 0.2) is 17.7 Å². The van der Waals surface area contributed by atoms with Crippen LogP contribution in [0.25, 0.3) is 6.08 Å². The average molecular weight is 321 g/mol. The van der Waals surface area contributed by atoms with Crippen molar-refractivity contribution in [2.24, 2.45) is 0 Å². The second-order valence-corrected chi connectivity index (χ2v) is 5.36. The second-order valence-electron chi connectivity index (χ2n) is 4.95. The molecule has 1 aliphatic heterocycles. The van der Waals surface area contributed by atoms with Gasteiger partial charge in [0.05, 0.1) is 11.6 Å². The molecule has 0 unspecified atom stereocenters. The van der Waals surface area contributed by atoms with Crippen molar-refractivity contribution in [3.05, 3.63) is 28.3 Å². The van der Waals surface area contributed by atoms with Crippen molar-refractivity contribution in [2.45, 2.75) is 19.8 Å². The number of halogens is 1. The summed E-state index contributed by atoms with van der Waals surface area (Å²) in [6, 6.07) is 4.99. The quantitative estimate of drug-likeness (QED) is 0.683. The number of carbonyl (C=O) groups is 1. The van der Waals surface area contributed by atoms with E-state index in [0.717, 1.165) is 12.8 Å². The molecule has 0 atom stereocenters. The topological polar surface area (TPSA) is 73.6 Å². The number of nitrogens with zero attached hydrogens (tertiary/aromatic N) is 2. The molecule has 22 heavy (non-hydrogen) atoms. The van der Waals surface area contributed by atoms with E-state index in [2.05, 4.69) is 0 Å². The van der Waals surface area contributed by atoms with Crippen LogP contribution >= 0.6 is 11.6 Å². The van der Waals surface area contributed by atoms with Crippen LogP contribution in [-0.2, 0) is 4.79 Å². The minimum absolute atomic E-state index is 0.0473. The van der Waals surface area contributed by atoms with Crippen molar-refractivity contribution >= 4 is 23.6 Å². The third kappa shape index (κ3) is 3.52. The first-order chi connectivity index (χ1) is 10.6. The molecule has 1 fully saturated rings. The molecule has 5 nitrogen and oxygen atoms in total. The Kier molecular flexibility index (Phi) is 5.29. The summed E-state index contributed by atoms with van der Waals surface area (Å²) in [6.07, 6.45) is 3.39. The Morgan fingerprint density at radius 1 is 1.50 bits per heavy atom. The summed E-state index contributed by atoms with van der Waals surface area (Å²) in [5.41, 5.74) is 0.585. The summed E-state index contributed by atoms with van der Waals surface area (Å²) >= 11 is 5.95. The van der Waals surface area contributed by atoms with Crippen LogP contribution in [-0.4, -0.2) is 35.6 Å². The SMILES string of the molecule is CCOc1cc(/C=C(\C#N)C(=O)N2CCCC2)cc(Cl)c1O. The van der Waals surface area contributed by atoms with Gasteiger partial charge in [-0.2, -0.15) is 5.26 Å². The van der Waals surface area contributed by atoms with Crippen LogP contribution in [0.1, 0.15) is 25.3 Å². The number of phenols is 1. The summed E-state index contributed by atoms with van der Waals surface area (Å²) in [4.78, 5) is 13.9. The van der Waals surface area contributed by atoms with Crippen molar-refractivity contribution in [1.82, 2.24) is 4.90 Å². The molecule has 1 heterocycles. The first-order valence-corrected chi connectivity index (χ1v) is 7.51. The molecule has 1 N–H and O–H groups in total. The number of benzene rings is 1. The van der Waals surface area contributed by atoms with E-state index in [-0.39, 0.29) is 28.0 Å². The number of aromatic hydroxyl groups is 1. The van der Waals surface area contributed by atoms with E-state index in [1.165, 1.54) is 12.1 Å². The molecule has 6 heteroatoms. The number of hydrogen-bond donors (Lipinski definition) is 1. The van der Waals surface area contributed by atoms with Crippen molar-refractivity contribution in [3.63, 3.8) is 0 Å². The fourth-order valence-corrected chi connectivity index (χ4v) is 2.56. The van der Waals surface area contributed by atoms with E-state index in [1.54, 1.807) is 17.9 Å². The predicted octanol–water partition coefficient (Wildman–Crippen LogP) is 2.97. The number of nitriles is 1. The predicted molar refractivity (Wildman–Crippen MR) is 83.7 cm³/mol. The number of hydrogen-bond acceptors (Lipinski definition) is 4. The minimum Gasteiger partial charge on any atom is -0.503 e. The Bertz CT molecular complexity index is 644. The van der Waals surface area contributed by atoms with Gasteiger partial charge in [0.25, 0.3) is 5.91 Å². The average Bonchev–Trinajstić information content (AvgIpc) is 3.03. The maximum atomic E-state index is 12.3. The Morgan fingerprint density at radius 3 is 2.77 bits per heavy atom. The normalized spacial score (nSPS) is 14.8. The number of likely N-dealkylation sites (tertiary alicyclic amines) is 1. The lowest BCUT2D eigenvalue weighted by Gasteiger charge is -2.14. The van der Waals surface area contributed by atoms with Gasteiger partial charge < -0.3 is 14.7 Å². The van der Waals surface area contributed by atoms with Gasteiger partial charge in [0.1, 0.15) is 11.6 Å². The molecular formula is C16H17ClN2O3. The Labute approximate surface area is 134 Å². The minimum atomic E-state index is -0.276. The van der Waals surface area contributed by atoms with E-state index in [0.29, 0.717) is 25.3 Å². The monoisotopic (exact) mass is 320 g/mol. The summed E-state index contributed by atoms with van der Waals surface area (Å²) < 4.78 is 5.29. The highest BCUT2D eigenvalue weighted by Crippen LogP contribution is 2.35. The van der Waals surface area contributed by atoms with Crippen molar-refractivity contribution in [3.8, 4) is 17.6 Å². The fraction of sp³-hybridized carbons (Fsp3) is 0.375. The third-order valence-electron chi connectivity index (χ3n) is 3.41. The lowest BCUT2D eigenvalue weighted by Crippen LogP contribution is -2.28. The van der Waals surface area contributed by atoms with Gasteiger partial charge in [-0.05, 0) is 43.5 Å². The molecule has 116 valence electrons. The fourth-order valence-electron chi connectivity index (χ4n) is 2.34. The van der Waals surface area contributed by atoms with E-state index in [1.807, 2.05) is 6.07 Å². The van der Waals surface area contributed by atoms with Crippen LogP contribution < -0.4 is 4.74 Å². The van der Waals surface area contributed by atoms with Crippen LogP contribution in [0, 0.1) is 11.3 Å². The maximum Gasteiger partial charge on any atom is 0.264 e. The van der Waals surface area contributed by atoms with E-state index < -0.39 is 0 Å². The van der Waals surface area contributed by atoms with Gasteiger partial charge in [-0.3, -0.25) is 4.79 Å². The molecule has 0 aromatic heterocycles. The van der Waals surface area contributed by atoms with E-state index in [9.17, 15) is 15.2 Å². The molecule has 1 aromatic carbocycles. The van der Waals surface area contributed by atoms with Crippen molar-refractivity contribution in [2.75, 3.05) is 19.7 Å². The zero-order chi connectivity index (χ0) is 16.1. The molecule has 0 radical (unpaired) electrons. The number of amides is 1. The molecule has 0 saturated carbocycles. The van der Waals surface area contributed by atoms with Gasteiger partial charge in [-0.15, -0.1) is 0 Å². The largest absolute Gasteiger partial charge is 0.503 e. The Hall–Kier alpha value is -2.19.